The molecule has 0 heterocycles. The average Bonchev–Trinajstić information content (AvgIpc) is 2.14. The van der Waals surface area contributed by atoms with Gasteiger partial charge in [-0.15, -0.1) is 0 Å². The van der Waals surface area contributed by atoms with Crippen LogP contribution in [0.2, 0.25) is 0 Å². The zero-order valence-electron chi connectivity index (χ0n) is 9.57. The molecule has 0 aliphatic carbocycles. The van der Waals surface area contributed by atoms with Gasteiger partial charge in [0, 0.05) is 22.7 Å². The van der Waals surface area contributed by atoms with Gasteiger partial charge < -0.3 is 4.74 Å². The molecule has 1 aromatic carbocycles. The van der Waals surface area contributed by atoms with Crippen LogP contribution in [0.4, 0.5) is 0 Å². The minimum absolute atomic E-state index is 0.0513. The third-order valence-electron chi connectivity index (χ3n) is 2.05. The van der Waals surface area contributed by atoms with Crippen molar-refractivity contribution in [3.8, 4) is 5.75 Å². The number of carbonyl (C=O) groups is 1. The smallest absolute Gasteiger partial charge is 0.154 e. The molecule has 0 spiro atoms. The van der Waals surface area contributed by atoms with Crippen molar-refractivity contribution >= 4 is 31.6 Å². The fraction of sp³-hybridized carbons (Fsp3) is 0.364. The largest absolute Gasteiger partial charge is 0.496 e. The summed E-state index contributed by atoms with van der Waals surface area (Å²) in [7, 11) is -1.77. The molecular weight excluding hydrogens is 308 g/mol. The lowest BCUT2D eigenvalue weighted by atomic mass is 10.1. The molecule has 17 heavy (non-hydrogen) atoms. The van der Waals surface area contributed by atoms with Crippen LogP contribution in [-0.4, -0.2) is 33.3 Å². The average molecular weight is 321 g/mol. The van der Waals surface area contributed by atoms with Crippen molar-refractivity contribution in [1.82, 2.24) is 0 Å². The number of carbonyl (C=O) groups excluding carboxylic acids is 1. The lowest BCUT2D eigenvalue weighted by Crippen LogP contribution is -2.16. The molecule has 0 saturated heterocycles. The summed E-state index contributed by atoms with van der Waals surface area (Å²) in [5, 5.41) is 0. The molecule has 0 unspecified atom stereocenters. The van der Waals surface area contributed by atoms with Crippen LogP contribution in [0.1, 0.15) is 5.56 Å². The number of benzene rings is 1. The Hall–Kier alpha value is -0.880. The van der Waals surface area contributed by atoms with E-state index in [0.717, 1.165) is 10.7 Å². The van der Waals surface area contributed by atoms with E-state index in [9.17, 15) is 13.2 Å². The van der Waals surface area contributed by atoms with Crippen LogP contribution in [0.3, 0.4) is 0 Å². The standard InChI is InChI=1S/C11H13BrO4S/c1-16-11-4-3-9(12)5-8(11)6-10(13)7-17(2,14)15/h3-5H,6-7H2,1-2H3. The van der Waals surface area contributed by atoms with Crippen LogP contribution in [0, 0.1) is 0 Å². The number of sulfone groups is 1. The summed E-state index contributed by atoms with van der Waals surface area (Å²) in [5.41, 5.74) is 0.676. The number of hydrogen-bond acceptors (Lipinski definition) is 4. The topological polar surface area (TPSA) is 60.4 Å². The van der Waals surface area contributed by atoms with Gasteiger partial charge in [0.2, 0.25) is 0 Å². The summed E-state index contributed by atoms with van der Waals surface area (Å²) >= 11 is 3.29. The molecule has 0 radical (unpaired) electrons. The molecule has 0 saturated carbocycles. The Balaban J connectivity index is 2.87. The summed E-state index contributed by atoms with van der Waals surface area (Å²) in [4.78, 5) is 11.6. The molecule has 0 aliphatic rings. The maximum absolute atomic E-state index is 11.6. The number of halogens is 1. The zero-order chi connectivity index (χ0) is 13.1. The summed E-state index contributed by atoms with van der Waals surface area (Å²) in [6.45, 7) is 0. The Bertz CT molecular complexity index is 522. The molecule has 4 nitrogen and oxygen atoms in total. The van der Waals surface area contributed by atoms with Crippen molar-refractivity contribution in [3.05, 3.63) is 28.2 Å². The maximum Gasteiger partial charge on any atom is 0.154 e. The number of ketones is 1. The van der Waals surface area contributed by atoms with E-state index in [0.29, 0.717) is 11.3 Å². The van der Waals surface area contributed by atoms with Crippen molar-refractivity contribution in [3.63, 3.8) is 0 Å². The summed E-state index contributed by atoms with van der Waals surface area (Å²) in [6, 6.07) is 5.27. The number of hydrogen-bond donors (Lipinski definition) is 0. The lowest BCUT2D eigenvalue weighted by molar-refractivity contribution is -0.116. The first-order valence-corrected chi connectivity index (χ1v) is 7.69. The number of ether oxygens (including phenoxy) is 1. The van der Waals surface area contributed by atoms with Crippen molar-refractivity contribution < 1.29 is 17.9 Å². The molecule has 0 aliphatic heterocycles. The molecule has 0 fully saturated rings. The molecule has 0 aromatic heterocycles. The Labute approximate surface area is 109 Å². The normalized spacial score (nSPS) is 11.2. The summed E-state index contributed by atoms with van der Waals surface area (Å²) in [5.74, 6) is -0.207. The molecule has 1 aromatic rings. The van der Waals surface area contributed by atoms with Crippen molar-refractivity contribution in [2.45, 2.75) is 6.42 Å². The predicted molar refractivity (Wildman–Crippen MR) is 69.1 cm³/mol. The zero-order valence-corrected chi connectivity index (χ0v) is 12.0. The van der Waals surface area contributed by atoms with Crippen molar-refractivity contribution in [2.75, 3.05) is 19.1 Å². The van der Waals surface area contributed by atoms with Crippen LogP contribution in [0.15, 0.2) is 22.7 Å². The quantitative estimate of drug-likeness (QED) is 0.827. The minimum Gasteiger partial charge on any atom is -0.496 e. The molecule has 0 bridgehead atoms. The van der Waals surface area contributed by atoms with Crippen LogP contribution in [0.25, 0.3) is 0 Å². The number of methoxy groups -OCH3 is 1. The Kier molecular flexibility index (Phi) is 4.70. The number of Topliss-reactive ketones (excluding diaryl/α,β-unsaturated/α-hetero) is 1. The lowest BCUT2D eigenvalue weighted by Gasteiger charge is -2.08. The van der Waals surface area contributed by atoms with Gasteiger partial charge in [-0.1, -0.05) is 15.9 Å². The van der Waals surface area contributed by atoms with Gasteiger partial charge in [-0.25, -0.2) is 8.42 Å². The van der Waals surface area contributed by atoms with Crippen LogP contribution in [0.5, 0.6) is 5.75 Å². The molecule has 0 atom stereocenters. The van der Waals surface area contributed by atoms with Crippen LogP contribution < -0.4 is 4.74 Å². The monoisotopic (exact) mass is 320 g/mol. The van der Waals surface area contributed by atoms with E-state index in [2.05, 4.69) is 15.9 Å². The molecular formula is C11H13BrO4S. The minimum atomic E-state index is -3.28. The summed E-state index contributed by atoms with van der Waals surface area (Å²) in [6.07, 6.45) is 1.10. The first-order valence-electron chi connectivity index (χ1n) is 4.83. The van der Waals surface area contributed by atoms with E-state index in [-0.39, 0.29) is 12.2 Å². The first-order chi connectivity index (χ1) is 7.81. The van der Waals surface area contributed by atoms with E-state index < -0.39 is 15.6 Å². The van der Waals surface area contributed by atoms with Gasteiger partial charge in [0.15, 0.2) is 15.6 Å². The van der Waals surface area contributed by atoms with E-state index in [1.165, 1.54) is 7.11 Å². The fourth-order valence-electron chi connectivity index (χ4n) is 1.44. The van der Waals surface area contributed by atoms with Gasteiger partial charge in [0.05, 0.1) is 7.11 Å². The number of rotatable bonds is 5. The second-order valence-corrected chi connectivity index (χ2v) is 6.80. The Morgan fingerprint density at radius 2 is 2.06 bits per heavy atom. The third-order valence-corrected chi connectivity index (χ3v) is 3.39. The fourth-order valence-corrected chi connectivity index (χ4v) is 2.54. The Morgan fingerprint density at radius 3 is 2.59 bits per heavy atom. The summed E-state index contributed by atoms with van der Waals surface area (Å²) < 4.78 is 27.9. The van der Waals surface area contributed by atoms with E-state index >= 15 is 0 Å². The second kappa shape index (κ2) is 5.64. The highest BCUT2D eigenvalue weighted by atomic mass is 79.9. The van der Waals surface area contributed by atoms with Gasteiger partial charge in [-0.2, -0.15) is 0 Å². The molecule has 6 heteroatoms. The van der Waals surface area contributed by atoms with Crippen LogP contribution >= 0.6 is 15.9 Å². The van der Waals surface area contributed by atoms with Gasteiger partial charge >= 0.3 is 0 Å². The van der Waals surface area contributed by atoms with E-state index in [1.807, 2.05) is 0 Å². The SMILES string of the molecule is COc1ccc(Br)cc1CC(=O)CS(C)(=O)=O. The van der Waals surface area contributed by atoms with Gasteiger partial charge in [-0.3, -0.25) is 4.79 Å². The molecule has 0 amide bonds. The van der Waals surface area contributed by atoms with Gasteiger partial charge in [0.25, 0.3) is 0 Å². The van der Waals surface area contributed by atoms with E-state index in [1.54, 1.807) is 18.2 Å². The second-order valence-electron chi connectivity index (χ2n) is 3.74. The highest BCUT2D eigenvalue weighted by molar-refractivity contribution is 9.10. The van der Waals surface area contributed by atoms with Gasteiger partial charge in [0.1, 0.15) is 11.5 Å². The highest BCUT2D eigenvalue weighted by Crippen LogP contribution is 2.23. The van der Waals surface area contributed by atoms with Crippen molar-refractivity contribution in [2.24, 2.45) is 0 Å². The molecule has 1 rings (SSSR count). The van der Waals surface area contributed by atoms with E-state index in [4.69, 9.17) is 4.74 Å². The molecule has 0 N–H and O–H groups in total. The van der Waals surface area contributed by atoms with Crippen LogP contribution in [-0.2, 0) is 21.1 Å². The van der Waals surface area contributed by atoms with Gasteiger partial charge in [-0.05, 0) is 18.2 Å². The third kappa shape index (κ3) is 4.87. The Morgan fingerprint density at radius 1 is 1.41 bits per heavy atom. The molecule has 94 valence electrons. The maximum atomic E-state index is 11.6. The predicted octanol–water partition coefficient (Wildman–Crippen LogP) is 1.61. The van der Waals surface area contributed by atoms with Crippen molar-refractivity contribution in [1.29, 1.82) is 0 Å². The highest BCUT2D eigenvalue weighted by Gasteiger charge is 2.14. The first kappa shape index (κ1) is 14.2.